The van der Waals surface area contributed by atoms with E-state index in [0.717, 1.165) is 18.2 Å². The van der Waals surface area contributed by atoms with Crippen LogP contribution in [0.3, 0.4) is 0 Å². The highest BCUT2D eigenvalue weighted by molar-refractivity contribution is 7.89. The average molecular weight is 403 g/mol. The van der Waals surface area contributed by atoms with Crippen LogP contribution in [-0.2, 0) is 10.0 Å². The fourth-order valence-electron chi connectivity index (χ4n) is 2.92. The molecule has 3 rings (SSSR count). The van der Waals surface area contributed by atoms with Gasteiger partial charge >= 0.3 is 0 Å². The van der Waals surface area contributed by atoms with Crippen molar-refractivity contribution in [2.45, 2.75) is 42.7 Å². The Bertz CT molecular complexity index is 850. The number of ether oxygens (including phenoxy) is 1. The maximum Gasteiger partial charge on any atom is 0.246 e. The lowest BCUT2D eigenvalue weighted by molar-refractivity contribution is 0.138. The minimum atomic E-state index is -4.27. The summed E-state index contributed by atoms with van der Waals surface area (Å²) in [6.07, 6.45) is 3.56. The molecule has 1 heterocycles. The van der Waals surface area contributed by atoms with E-state index in [0.29, 0.717) is 36.6 Å². The lowest BCUT2D eigenvalue weighted by Gasteiger charge is -2.29. The van der Waals surface area contributed by atoms with Crippen molar-refractivity contribution in [3.63, 3.8) is 0 Å². The predicted molar refractivity (Wildman–Crippen MR) is 92.6 cm³/mol. The summed E-state index contributed by atoms with van der Waals surface area (Å²) in [6, 6.07) is 5.89. The van der Waals surface area contributed by atoms with Crippen LogP contribution in [0.4, 0.5) is 8.78 Å². The Morgan fingerprint density at radius 2 is 1.73 bits per heavy atom. The summed E-state index contributed by atoms with van der Waals surface area (Å²) in [5.41, 5.74) is 0. The van der Waals surface area contributed by atoms with Crippen molar-refractivity contribution in [1.29, 1.82) is 0 Å². The summed E-state index contributed by atoms with van der Waals surface area (Å²) in [6.45, 7) is 0. The fraction of sp³-hybridized carbons (Fsp3) is 0.353. The Kier molecular flexibility index (Phi) is 5.74. The van der Waals surface area contributed by atoms with Gasteiger partial charge in [-0.1, -0.05) is 17.7 Å². The molecule has 0 spiro atoms. The number of nitrogens with one attached hydrogen (secondary N) is 1. The van der Waals surface area contributed by atoms with Crippen LogP contribution < -0.4 is 9.46 Å². The number of aromatic nitrogens is 1. The van der Waals surface area contributed by atoms with E-state index in [-0.39, 0.29) is 6.10 Å². The lowest BCUT2D eigenvalue weighted by Crippen LogP contribution is -2.40. The van der Waals surface area contributed by atoms with E-state index in [1.165, 1.54) is 6.20 Å². The molecule has 0 unspecified atom stereocenters. The third kappa shape index (κ3) is 4.49. The van der Waals surface area contributed by atoms with Crippen LogP contribution in [0, 0.1) is 11.6 Å². The standard InChI is InChI=1S/C17H17ClF2N2O3S/c18-11-4-9-16(21-10-11)25-13-7-5-12(6-8-13)22-26(23,24)17-14(19)2-1-3-15(17)20/h1-4,9-10,12-13,22H,5-8H2. The van der Waals surface area contributed by atoms with Crippen LogP contribution >= 0.6 is 11.6 Å². The molecule has 1 N–H and O–H groups in total. The normalized spacial score (nSPS) is 20.7. The summed E-state index contributed by atoms with van der Waals surface area (Å²) >= 11 is 5.77. The molecule has 0 atom stereocenters. The molecule has 2 aromatic rings. The van der Waals surface area contributed by atoms with Gasteiger partial charge in [0, 0.05) is 18.3 Å². The van der Waals surface area contributed by atoms with E-state index in [1.807, 2.05) is 0 Å². The zero-order valence-electron chi connectivity index (χ0n) is 13.7. The third-order valence-electron chi connectivity index (χ3n) is 4.17. The number of nitrogens with zero attached hydrogens (tertiary/aromatic N) is 1. The summed E-state index contributed by atoms with van der Waals surface area (Å²) in [5.74, 6) is -1.77. The molecule has 9 heteroatoms. The van der Waals surface area contributed by atoms with Gasteiger partial charge in [0.15, 0.2) is 4.90 Å². The van der Waals surface area contributed by atoms with Crippen LogP contribution in [0.5, 0.6) is 5.88 Å². The summed E-state index contributed by atoms with van der Waals surface area (Å²) < 4.78 is 60.2. The molecule has 0 amide bonds. The van der Waals surface area contributed by atoms with E-state index in [1.54, 1.807) is 12.1 Å². The second-order valence-corrected chi connectivity index (χ2v) is 8.17. The first-order valence-electron chi connectivity index (χ1n) is 8.10. The molecule has 0 bridgehead atoms. The van der Waals surface area contributed by atoms with Crippen LogP contribution in [0.25, 0.3) is 0 Å². The molecule has 0 radical (unpaired) electrons. The second-order valence-electron chi connectivity index (χ2n) is 6.08. The van der Waals surface area contributed by atoms with Crippen molar-refractivity contribution in [1.82, 2.24) is 9.71 Å². The molecule has 26 heavy (non-hydrogen) atoms. The maximum atomic E-state index is 13.7. The van der Waals surface area contributed by atoms with E-state index in [9.17, 15) is 17.2 Å². The molecule has 1 saturated carbocycles. The summed E-state index contributed by atoms with van der Waals surface area (Å²) in [7, 11) is -4.27. The Labute approximate surface area is 155 Å². The van der Waals surface area contributed by atoms with Crippen molar-refractivity contribution in [3.8, 4) is 5.88 Å². The first kappa shape index (κ1) is 19.0. The molecule has 5 nitrogen and oxygen atoms in total. The quantitative estimate of drug-likeness (QED) is 0.828. The highest BCUT2D eigenvalue weighted by atomic mass is 35.5. The van der Waals surface area contributed by atoms with Crippen molar-refractivity contribution in [3.05, 3.63) is 53.2 Å². The van der Waals surface area contributed by atoms with Gasteiger partial charge in [-0.3, -0.25) is 0 Å². The fourth-order valence-corrected chi connectivity index (χ4v) is 4.47. The Hall–Kier alpha value is -1.77. The van der Waals surface area contributed by atoms with Crippen molar-refractivity contribution >= 4 is 21.6 Å². The molecule has 1 aromatic heterocycles. The number of halogens is 3. The molecular formula is C17H17ClF2N2O3S. The second kappa shape index (κ2) is 7.85. The Morgan fingerprint density at radius 3 is 2.31 bits per heavy atom. The molecule has 1 aromatic carbocycles. The minimum Gasteiger partial charge on any atom is -0.474 e. The zero-order chi connectivity index (χ0) is 18.7. The molecule has 140 valence electrons. The molecular weight excluding hydrogens is 386 g/mol. The average Bonchev–Trinajstić information content (AvgIpc) is 2.58. The number of pyridine rings is 1. The van der Waals surface area contributed by atoms with Gasteiger partial charge < -0.3 is 4.74 Å². The van der Waals surface area contributed by atoms with Crippen LogP contribution in [-0.4, -0.2) is 25.5 Å². The third-order valence-corrected chi connectivity index (χ3v) is 5.97. The number of hydrogen-bond acceptors (Lipinski definition) is 4. The molecule has 1 aliphatic carbocycles. The monoisotopic (exact) mass is 402 g/mol. The minimum absolute atomic E-state index is 0.102. The smallest absolute Gasteiger partial charge is 0.246 e. The van der Waals surface area contributed by atoms with Crippen molar-refractivity contribution in [2.24, 2.45) is 0 Å². The highest BCUT2D eigenvalue weighted by Crippen LogP contribution is 2.26. The highest BCUT2D eigenvalue weighted by Gasteiger charge is 2.30. The number of hydrogen-bond donors (Lipinski definition) is 1. The molecule has 0 saturated heterocycles. The van der Waals surface area contributed by atoms with Gasteiger partial charge in [-0.05, 0) is 43.9 Å². The van der Waals surface area contributed by atoms with E-state index < -0.39 is 32.6 Å². The SMILES string of the molecule is O=S(=O)(NC1CCC(Oc2ccc(Cl)cn2)CC1)c1c(F)cccc1F. The van der Waals surface area contributed by atoms with Gasteiger partial charge in [-0.25, -0.2) is 26.9 Å². The van der Waals surface area contributed by atoms with Crippen LogP contribution in [0.2, 0.25) is 5.02 Å². The largest absolute Gasteiger partial charge is 0.474 e. The zero-order valence-corrected chi connectivity index (χ0v) is 15.2. The van der Waals surface area contributed by atoms with Gasteiger partial charge in [0.2, 0.25) is 15.9 Å². The number of benzene rings is 1. The molecule has 1 aliphatic rings. The van der Waals surface area contributed by atoms with E-state index >= 15 is 0 Å². The Balaban J connectivity index is 1.59. The van der Waals surface area contributed by atoms with E-state index in [4.69, 9.17) is 16.3 Å². The first-order chi connectivity index (χ1) is 12.3. The van der Waals surface area contributed by atoms with E-state index in [2.05, 4.69) is 9.71 Å². The predicted octanol–water partition coefficient (Wildman–Crippen LogP) is 3.68. The summed E-state index contributed by atoms with van der Waals surface area (Å²) in [4.78, 5) is 3.12. The Morgan fingerprint density at radius 1 is 1.08 bits per heavy atom. The van der Waals surface area contributed by atoms with Crippen molar-refractivity contribution < 1.29 is 21.9 Å². The first-order valence-corrected chi connectivity index (χ1v) is 9.96. The van der Waals surface area contributed by atoms with Crippen molar-refractivity contribution in [2.75, 3.05) is 0 Å². The summed E-state index contributed by atoms with van der Waals surface area (Å²) in [5, 5.41) is 0.510. The van der Waals surface area contributed by atoms with Gasteiger partial charge in [-0.2, -0.15) is 0 Å². The van der Waals surface area contributed by atoms with Gasteiger partial charge in [-0.15, -0.1) is 0 Å². The van der Waals surface area contributed by atoms with Gasteiger partial charge in [0.25, 0.3) is 0 Å². The van der Waals surface area contributed by atoms with Gasteiger partial charge in [0.1, 0.15) is 17.7 Å². The molecule has 1 fully saturated rings. The topological polar surface area (TPSA) is 68.3 Å². The number of rotatable bonds is 5. The molecule has 0 aliphatic heterocycles. The lowest BCUT2D eigenvalue weighted by atomic mass is 9.94. The number of sulfonamides is 1. The van der Waals surface area contributed by atoms with Gasteiger partial charge in [0.05, 0.1) is 5.02 Å². The van der Waals surface area contributed by atoms with Crippen LogP contribution in [0.15, 0.2) is 41.4 Å². The maximum absolute atomic E-state index is 13.7. The van der Waals surface area contributed by atoms with Crippen LogP contribution in [0.1, 0.15) is 25.7 Å².